The first-order chi connectivity index (χ1) is 10.6. The predicted molar refractivity (Wildman–Crippen MR) is 87.4 cm³/mol. The van der Waals surface area contributed by atoms with E-state index in [0.717, 1.165) is 0 Å². The van der Waals surface area contributed by atoms with Crippen molar-refractivity contribution in [3.63, 3.8) is 0 Å². The molecule has 3 aromatic rings. The molecule has 0 saturated carbocycles. The van der Waals surface area contributed by atoms with Crippen LogP contribution in [0.4, 0.5) is 0 Å². The molecule has 0 atom stereocenters. The first kappa shape index (κ1) is 14.4. The van der Waals surface area contributed by atoms with Gasteiger partial charge in [-0.05, 0) is 38.4 Å². The van der Waals surface area contributed by atoms with Crippen LogP contribution < -0.4 is 5.43 Å². The highest BCUT2D eigenvalue weighted by atomic mass is 16.1. The lowest BCUT2D eigenvalue weighted by Crippen LogP contribution is -2.17. The number of hydrogen-bond acceptors (Lipinski definition) is 4. The van der Waals surface area contributed by atoms with Crippen LogP contribution in [-0.4, -0.2) is 41.3 Å². The molecule has 5 heteroatoms. The van der Waals surface area contributed by atoms with E-state index in [0.29, 0.717) is 40.5 Å². The van der Waals surface area contributed by atoms with Gasteiger partial charge in [0.1, 0.15) is 5.65 Å². The first-order valence-corrected chi connectivity index (χ1v) is 7.15. The summed E-state index contributed by atoms with van der Waals surface area (Å²) in [6, 6.07) is 8.72. The van der Waals surface area contributed by atoms with Crippen molar-refractivity contribution in [3.8, 4) is 0 Å². The normalized spacial score (nSPS) is 11.4. The maximum atomic E-state index is 12.5. The third-order valence-corrected chi connectivity index (χ3v) is 3.69. The second kappa shape index (κ2) is 5.69. The Labute approximate surface area is 127 Å². The van der Waals surface area contributed by atoms with Crippen LogP contribution in [0.25, 0.3) is 21.9 Å². The monoisotopic (exact) mass is 295 g/mol. The van der Waals surface area contributed by atoms with Crippen molar-refractivity contribution < 1.29 is 4.79 Å². The van der Waals surface area contributed by atoms with Gasteiger partial charge >= 0.3 is 0 Å². The van der Waals surface area contributed by atoms with E-state index < -0.39 is 0 Å². The van der Waals surface area contributed by atoms with Crippen molar-refractivity contribution >= 4 is 27.7 Å². The molecule has 0 unspecified atom stereocenters. The molecule has 112 valence electrons. The third-order valence-electron chi connectivity index (χ3n) is 3.69. The number of benzene rings is 1. The van der Waals surface area contributed by atoms with Crippen LogP contribution in [0.3, 0.4) is 0 Å². The molecule has 0 aliphatic heterocycles. The average Bonchev–Trinajstić information content (AvgIpc) is 2.52. The molecule has 0 aliphatic rings. The van der Waals surface area contributed by atoms with Crippen molar-refractivity contribution in [2.75, 3.05) is 20.6 Å². The van der Waals surface area contributed by atoms with Gasteiger partial charge in [0, 0.05) is 30.1 Å². The van der Waals surface area contributed by atoms with Gasteiger partial charge < -0.3 is 9.88 Å². The predicted octanol–water partition coefficient (Wildman–Crippen LogP) is 2.21. The number of aromatic nitrogens is 2. The summed E-state index contributed by atoms with van der Waals surface area (Å²) in [5.74, 6) is 0.0187. The molecule has 0 spiro atoms. The van der Waals surface area contributed by atoms with Gasteiger partial charge in [0.05, 0.1) is 10.9 Å². The number of pyridine rings is 2. The standard InChI is InChI=1S/C17H17N3O2/c1-20(2)10-8-14(21)11-5-3-6-12-15(11)19-17-13(16(12)22)7-4-9-18-17/h3-7,9H,8,10H2,1-2H3,(H,18,19,22). The quantitative estimate of drug-likeness (QED) is 0.592. The lowest BCUT2D eigenvalue weighted by Gasteiger charge is -2.10. The van der Waals surface area contributed by atoms with Crippen LogP contribution in [0.2, 0.25) is 0 Å². The lowest BCUT2D eigenvalue weighted by molar-refractivity contribution is 0.0974. The Morgan fingerprint density at radius 1 is 1.18 bits per heavy atom. The van der Waals surface area contributed by atoms with Crippen molar-refractivity contribution in [3.05, 3.63) is 52.3 Å². The minimum atomic E-state index is -0.0980. The fraction of sp³-hybridized carbons (Fsp3) is 0.235. The van der Waals surface area contributed by atoms with Crippen LogP contribution in [0.5, 0.6) is 0 Å². The number of H-pyrrole nitrogens is 1. The molecular formula is C17H17N3O2. The van der Waals surface area contributed by atoms with Crippen LogP contribution >= 0.6 is 0 Å². The summed E-state index contributed by atoms with van der Waals surface area (Å²) < 4.78 is 0. The van der Waals surface area contributed by atoms with Crippen LogP contribution in [0.15, 0.2) is 41.3 Å². The Kier molecular flexibility index (Phi) is 3.73. The highest BCUT2D eigenvalue weighted by Gasteiger charge is 2.14. The van der Waals surface area contributed by atoms with Gasteiger partial charge in [0.15, 0.2) is 11.2 Å². The fourth-order valence-corrected chi connectivity index (χ4v) is 2.52. The number of hydrogen-bond donors (Lipinski definition) is 1. The molecule has 0 aliphatic carbocycles. The van der Waals surface area contributed by atoms with E-state index in [4.69, 9.17) is 0 Å². The number of para-hydroxylation sites is 1. The Morgan fingerprint density at radius 3 is 2.73 bits per heavy atom. The maximum Gasteiger partial charge on any atom is 0.198 e. The van der Waals surface area contributed by atoms with Crippen LogP contribution in [0, 0.1) is 0 Å². The Balaban J connectivity index is 2.20. The van der Waals surface area contributed by atoms with Gasteiger partial charge in [0.2, 0.25) is 0 Å². The molecule has 0 saturated heterocycles. The van der Waals surface area contributed by atoms with Crippen molar-refractivity contribution in [2.45, 2.75) is 6.42 Å². The van der Waals surface area contributed by atoms with E-state index in [2.05, 4.69) is 9.97 Å². The minimum Gasteiger partial charge on any atom is -0.338 e. The number of aromatic amines is 1. The minimum absolute atomic E-state index is 0.0187. The number of Topliss-reactive ketones (excluding diaryl/α,β-unsaturated/α-hetero) is 1. The van der Waals surface area contributed by atoms with E-state index in [1.165, 1.54) is 0 Å². The summed E-state index contributed by atoms with van der Waals surface area (Å²) in [7, 11) is 3.85. The zero-order valence-electron chi connectivity index (χ0n) is 12.6. The Bertz CT molecular complexity index is 913. The molecular weight excluding hydrogens is 278 g/mol. The van der Waals surface area contributed by atoms with Gasteiger partial charge in [-0.15, -0.1) is 0 Å². The zero-order chi connectivity index (χ0) is 15.7. The zero-order valence-corrected chi connectivity index (χ0v) is 12.6. The van der Waals surface area contributed by atoms with E-state index in [1.54, 1.807) is 36.5 Å². The number of carbonyl (C=O) groups excluding carboxylic acids is 1. The SMILES string of the molecule is CN(C)CCC(=O)c1cccc2c(=O)c3cccnc3[nH]c12. The van der Waals surface area contributed by atoms with Crippen LogP contribution in [0.1, 0.15) is 16.8 Å². The molecule has 0 amide bonds. The highest BCUT2D eigenvalue weighted by molar-refractivity contribution is 6.08. The van der Waals surface area contributed by atoms with Crippen molar-refractivity contribution in [2.24, 2.45) is 0 Å². The first-order valence-electron chi connectivity index (χ1n) is 7.15. The number of rotatable bonds is 4. The van der Waals surface area contributed by atoms with Crippen molar-refractivity contribution in [1.82, 2.24) is 14.9 Å². The fourth-order valence-electron chi connectivity index (χ4n) is 2.52. The van der Waals surface area contributed by atoms with Gasteiger partial charge in [-0.3, -0.25) is 9.59 Å². The molecule has 22 heavy (non-hydrogen) atoms. The lowest BCUT2D eigenvalue weighted by atomic mass is 10.0. The molecule has 2 heterocycles. The average molecular weight is 295 g/mol. The maximum absolute atomic E-state index is 12.5. The topological polar surface area (TPSA) is 66.1 Å². The molecule has 5 nitrogen and oxygen atoms in total. The van der Waals surface area contributed by atoms with Crippen LogP contribution in [-0.2, 0) is 0 Å². The van der Waals surface area contributed by atoms with Crippen molar-refractivity contribution in [1.29, 1.82) is 0 Å². The summed E-state index contributed by atoms with van der Waals surface area (Å²) in [6.45, 7) is 0.672. The van der Waals surface area contributed by atoms with E-state index >= 15 is 0 Å². The molecule has 0 radical (unpaired) electrons. The number of ketones is 1. The van der Waals surface area contributed by atoms with Gasteiger partial charge in [0.25, 0.3) is 0 Å². The third kappa shape index (κ3) is 2.51. The summed E-state index contributed by atoms with van der Waals surface area (Å²) in [5.41, 5.74) is 1.53. The number of nitrogens with zero attached hydrogens (tertiary/aromatic N) is 2. The Morgan fingerprint density at radius 2 is 1.95 bits per heavy atom. The van der Waals surface area contributed by atoms with Gasteiger partial charge in [-0.1, -0.05) is 6.07 Å². The van der Waals surface area contributed by atoms with Gasteiger partial charge in [-0.25, -0.2) is 4.98 Å². The number of nitrogens with one attached hydrogen (secondary N) is 1. The largest absolute Gasteiger partial charge is 0.338 e. The molecule has 1 aromatic carbocycles. The molecule has 2 aromatic heterocycles. The van der Waals surface area contributed by atoms with E-state index in [-0.39, 0.29) is 11.2 Å². The molecule has 0 fully saturated rings. The number of fused-ring (bicyclic) bond motifs is 2. The molecule has 3 rings (SSSR count). The summed E-state index contributed by atoms with van der Waals surface area (Å²) >= 11 is 0. The van der Waals surface area contributed by atoms with E-state index in [9.17, 15) is 9.59 Å². The van der Waals surface area contributed by atoms with E-state index in [1.807, 2.05) is 19.0 Å². The Hall–Kier alpha value is -2.53. The smallest absolute Gasteiger partial charge is 0.198 e. The second-order valence-electron chi connectivity index (χ2n) is 5.56. The number of carbonyl (C=O) groups is 1. The molecule has 1 N–H and O–H groups in total. The van der Waals surface area contributed by atoms with Gasteiger partial charge in [-0.2, -0.15) is 0 Å². The molecule has 0 bridgehead atoms. The summed E-state index contributed by atoms with van der Waals surface area (Å²) in [5, 5.41) is 1.06. The second-order valence-corrected chi connectivity index (χ2v) is 5.56. The highest BCUT2D eigenvalue weighted by Crippen LogP contribution is 2.18. The summed E-state index contributed by atoms with van der Waals surface area (Å²) in [6.07, 6.45) is 2.04. The summed E-state index contributed by atoms with van der Waals surface area (Å²) in [4.78, 5) is 34.3.